The zero-order valence-electron chi connectivity index (χ0n) is 14.3. The lowest BCUT2D eigenvalue weighted by molar-refractivity contribution is 0.176. The van der Waals surface area contributed by atoms with E-state index in [9.17, 15) is 0 Å². The highest BCUT2D eigenvalue weighted by Gasteiger charge is 2.25. The summed E-state index contributed by atoms with van der Waals surface area (Å²) in [5.41, 5.74) is 1.41. The molecule has 1 saturated heterocycles. The Morgan fingerprint density at radius 3 is 2.64 bits per heavy atom. The molecule has 0 amide bonds. The number of rotatable bonds is 7. The SMILES string of the molecule is CCCC(C)C(CN1CCC(NC)CC1)c1cccc(Cl)c1. The number of halogens is 1. The van der Waals surface area contributed by atoms with Gasteiger partial charge < -0.3 is 10.2 Å². The van der Waals surface area contributed by atoms with Gasteiger partial charge in [-0.25, -0.2) is 0 Å². The number of nitrogens with zero attached hydrogens (tertiary/aromatic N) is 1. The maximum Gasteiger partial charge on any atom is 0.0408 e. The van der Waals surface area contributed by atoms with Crippen molar-refractivity contribution < 1.29 is 0 Å². The van der Waals surface area contributed by atoms with Gasteiger partial charge in [-0.05, 0) is 62.5 Å². The summed E-state index contributed by atoms with van der Waals surface area (Å²) in [5, 5.41) is 4.28. The molecule has 1 fully saturated rings. The van der Waals surface area contributed by atoms with Crippen molar-refractivity contribution in [3.8, 4) is 0 Å². The molecular weight excluding hydrogens is 292 g/mol. The van der Waals surface area contributed by atoms with Crippen LogP contribution in [0.15, 0.2) is 24.3 Å². The maximum absolute atomic E-state index is 6.23. The summed E-state index contributed by atoms with van der Waals surface area (Å²) >= 11 is 6.23. The molecule has 1 aliphatic rings. The summed E-state index contributed by atoms with van der Waals surface area (Å²) in [7, 11) is 2.08. The summed E-state index contributed by atoms with van der Waals surface area (Å²) in [6, 6.07) is 9.19. The highest BCUT2D eigenvalue weighted by atomic mass is 35.5. The van der Waals surface area contributed by atoms with Crippen LogP contribution >= 0.6 is 11.6 Å². The van der Waals surface area contributed by atoms with E-state index >= 15 is 0 Å². The van der Waals surface area contributed by atoms with E-state index in [0.29, 0.717) is 17.9 Å². The van der Waals surface area contributed by atoms with E-state index in [0.717, 1.165) is 11.6 Å². The van der Waals surface area contributed by atoms with Crippen molar-refractivity contribution in [2.24, 2.45) is 5.92 Å². The average Bonchev–Trinajstić information content (AvgIpc) is 2.53. The molecule has 0 bridgehead atoms. The fourth-order valence-electron chi connectivity index (χ4n) is 3.69. The number of likely N-dealkylation sites (tertiary alicyclic amines) is 1. The van der Waals surface area contributed by atoms with Gasteiger partial charge in [0.25, 0.3) is 0 Å². The van der Waals surface area contributed by atoms with E-state index < -0.39 is 0 Å². The number of benzene rings is 1. The molecule has 124 valence electrons. The van der Waals surface area contributed by atoms with Gasteiger partial charge in [0.15, 0.2) is 0 Å². The molecule has 2 nitrogen and oxygen atoms in total. The van der Waals surface area contributed by atoms with E-state index in [2.05, 4.69) is 49.3 Å². The van der Waals surface area contributed by atoms with Crippen molar-refractivity contribution in [3.05, 3.63) is 34.9 Å². The van der Waals surface area contributed by atoms with E-state index in [-0.39, 0.29) is 0 Å². The zero-order chi connectivity index (χ0) is 15.9. The standard InChI is InChI=1S/C19H31ClN2/c1-4-6-15(2)19(16-7-5-8-17(20)13-16)14-22-11-9-18(21-3)10-12-22/h5,7-8,13,15,18-19,21H,4,6,9-12,14H2,1-3H3. The molecule has 3 heteroatoms. The molecule has 2 atom stereocenters. The Kier molecular flexibility index (Phi) is 7.20. The first kappa shape index (κ1) is 17.8. The topological polar surface area (TPSA) is 15.3 Å². The summed E-state index contributed by atoms with van der Waals surface area (Å²) in [4.78, 5) is 2.64. The van der Waals surface area contributed by atoms with Gasteiger partial charge in [-0.2, -0.15) is 0 Å². The molecule has 1 aliphatic heterocycles. The highest BCUT2D eigenvalue weighted by molar-refractivity contribution is 6.30. The van der Waals surface area contributed by atoms with Gasteiger partial charge in [-0.1, -0.05) is 50.4 Å². The third-order valence-corrected chi connectivity index (χ3v) is 5.39. The van der Waals surface area contributed by atoms with Gasteiger partial charge in [0.1, 0.15) is 0 Å². The molecule has 2 rings (SSSR count). The zero-order valence-corrected chi connectivity index (χ0v) is 15.1. The molecular formula is C19H31ClN2. The Balaban J connectivity index is 2.05. The fourth-order valence-corrected chi connectivity index (χ4v) is 3.89. The van der Waals surface area contributed by atoms with Gasteiger partial charge in [0, 0.05) is 17.6 Å². The van der Waals surface area contributed by atoms with Crippen LogP contribution in [-0.2, 0) is 0 Å². The van der Waals surface area contributed by atoms with Gasteiger partial charge in [-0.3, -0.25) is 0 Å². The molecule has 1 N–H and O–H groups in total. The second kappa shape index (κ2) is 8.90. The third-order valence-electron chi connectivity index (χ3n) is 5.16. The Morgan fingerprint density at radius 2 is 2.05 bits per heavy atom. The minimum absolute atomic E-state index is 0.588. The van der Waals surface area contributed by atoms with Gasteiger partial charge >= 0.3 is 0 Å². The predicted octanol–water partition coefficient (Wildman–Crippen LogP) is 4.54. The van der Waals surface area contributed by atoms with Crippen molar-refractivity contribution in [1.82, 2.24) is 10.2 Å². The first-order chi connectivity index (χ1) is 10.6. The van der Waals surface area contributed by atoms with E-state index in [1.54, 1.807) is 0 Å². The second-order valence-electron chi connectivity index (χ2n) is 6.79. The highest BCUT2D eigenvalue weighted by Crippen LogP contribution is 2.31. The van der Waals surface area contributed by atoms with Crippen LogP contribution in [0.1, 0.15) is 51.0 Å². The van der Waals surface area contributed by atoms with Crippen molar-refractivity contribution in [3.63, 3.8) is 0 Å². The Hall–Kier alpha value is -0.570. The minimum Gasteiger partial charge on any atom is -0.317 e. The maximum atomic E-state index is 6.23. The number of hydrogen-bond acceptors (Lipinski definition) is 2. The molecule has 0 saturated carbocycles. The van der Waals surface area contributed by atoms with Crippen LogP contribution in [0.5, 0.6) is 0 Å². The Labute approximate surface area is 141 Å². The van der Waals surface area contributed by atoms with E-state index in [1.165, 1.54) is 44.3 Å². The first-order valence-electron chi connectivity index (χ1n) is 8.79. The van der Waals surface area contributed by atoms with Crippen LogP contribution < -0.4 is 5.32 Å². The average molecular weight is 323 g/mol. The first-order valence-corrected chi connectivity index (χ1v) is 9.17. The molecule has 1 heterocycles. The largest absolute Gasteiger partial charge is 0.317 e. The van der Waals surface area contributed by atoms with Crippen LogP contribution in [0, 0.1) is 5.92 Å². The number of nitrogens with one attached hydrogen (secondary N) is 1. The van der Waals surface area contributed by atoms with E-state index in [1.807, 2.05) is 6.07 Å². The second-order valence-corrected chi connectivity index (χ2v) is 7.23. The van der Waals surface area contributed by atoms with E-state index in [4.69, 9.17) is 11.6 Å². The van der Waals surface area contributed by atoms with Crippen molar-refractivity contribution in [1.29, 1.82) is 0 Å². The van der Waals surface area contributed by atoms with Crippen molar-refractivity contribution in [2.75, 3.05) is 26.7 Å². The van der Waals surface area contributed by atoms with Gasteiger partial charge in [0.2, 0.25) is 0 Å². The minimum atomic E-state index is 0.588. The Morgan fingerprint density at radius 1 is 1.32 bits per heavy atom. The lowest BCUT2D eigenvalue weighted by Crippen LogP contribution is -2.43. The van der Waals surface area contributed by atoms with Crippen LogP contribution in [-0.4, -0.2) is 37.6 Å². The summed E-state index contributed by atoms with van der Waals surface area (Å²) in [5.74, 6) is 1.29. The molecule has 0 aromatic heterocycles. The smallest absolute Gasteiger partial charge is 0.0408 e. The summed E-state index contributed by atoms with van der Waals surface area (Å²) < 4.78 is 0. The fraction of sp³-hybridized carbons (Fsp3) is 0.684. The number of piperidine rings is 1. The van der Waals surface area contributed by atoms with Crippen LogP contribution in [0.4, 0.5) is 0 Å². The van der Waals surface area contributed by atoms with Crippen LogP contribution in [0.3, 0.4) is 0 Å². The summed E-state index contributed by atoms with van der Waals surface area (Å²) in [6.45, 7) is 8.26. The summed E-state index contributed by atoms with van der Waals surface area (Å²) in [6.07, 6.45) is 5.06. The molecule has 2 unspecified atom stereocenters. The van der Waals surface area contributed by atoms with Crippen LogP contribution in [0.25, 0.3) is 0 Å². The normalized spacial score (nSPS) is 20.0. The lowest BCUT2D eigenvalue weighted by atomic mass is 9.83. The molecule has 0 radical (unpaired) electrons. The monoisotopic (exact) mass is 322 g/mol. The molecule has 1 aromatic carbocycles. The third kappa shape index (κ3) is 4.97. The molecule has 0 spiro atoms. The number of hydrogen-bond donors (Lipinski definition) is 1. The lowest BCUT2D eigenvalue weighted by Gasteiger charge is -2.36. The molecule has 22 heavy (non-hydrogen) atoms. The van der Waals surface area contributed by atoms with Gasteiger partial charge in [-0.15, -0.1) is 0 Å². The van der Waals surface area contributed by atoms with Crippen LogP contribution in [0.2, 0.25) is 5.02 Å². The predicted molar refractivity (Wildman–Crippen MR) is 96.8 cm³/mol. The molecule has 0 aliphatic carbocycles. The Bertz CT molecular complexity index is 441. The molecule has 1 aromatic rings. The van der Waals surface area contributed by atoms with Crippen molar-refractivity contribution in [2.45, 2.75) is 51.5 Å². The quantitative estimate of drug-likeness (QED) is 0.792. The van der Waals surface area contributed by atoms with Gasteiger partial charge in [0.05, 0.1) is 0 Å². The van der Waals surface area contributed by atoms with Crippen molar-refractivity contribution >= 4 is 11.6 Å².